The largest absolute Gasteiger partial charge is 0.416 e. The van der Waals surface area contributed by atoms with Crippen LogP contribution in [0.1, 0.15) is 42.9 Å². The Morgan fingerprint density at radius 2 is 2.00 bits per heavy atom. The third-order valence-electron chi connectivity index (χ3n) is 3.66. The molecule has 20 heavy (non-hydrogen) atoms. The highest BCUT2D eigenvalue weighted by Crippen LogP contribution is 2.32. The number of halogens is 3. The van der Waals surface area contributed by atoms with Gasteiger partial charge in [-0.25, -0.2) is 0 Å². The number of hydrogen-bond donors (Lipinski definition) is 1. The highest BCUT2D eigenvalue weighted by atomic mass is 19.4. The molecule has 112 valence electrons. The number of aliphatic hydroxyl groups excluding tert-OH is 1. The Bertz CT molecular complexity index is 471. The number of benzene rings is 1. The highest BCUT2D eigenvalue weighted by Gasteiger charge is 2.31. The fourth-order valence-electron chi connectivity index (χ4n) is 2.52. The molecule has 2 nitrogen and oxygen atoms in total. The van der Waals surface area contributed by atoms with Crippen molar-refractivity contribution in [3.8, 4) is 0 Å². The van der Waals surface area contributed by atoms with Crippen LogP contribution < -0.4 is 0 Å². The lowest BCUT2D eigenvalue weighted by molar-refractivity contribution is -0.137. The summed E-state index contributed by atoms with van der Waals surface area (Å²) in [5.41, 5.74) is 0.783. The Hall–Kier alpha value is -1.07. The second-order valence-electron chi connectivity index (χ2n) is 5.79. The van der Waals surface area contributed by atoms with E-state index in [0.29, 0.717) is 30.6 Å². The van der Waals surface area contributed by atoms with Crippen molar-refractivity contribution in [2.24, 2.45) is 0 Å². The zero-order valence-electron chi connectivity index (χ0n) is 11.7. The molecule has 1 aromatic rings. The number of alkyl halides is 3. The maximum absolute atomic E-state index is 12.9. The van der Waals surface area contributed by atoms with Crippen molar-refractivity contribution in [3.05, 3.63) is 34.9 Å². The van der Waals surface area contributed by atoms with Crippen molar-refractivity contribution in [2.45, 2.75) is 45.0 Å². The molecule has 0 aromatic heterocycles. The van der Waals surface area contributed by atoms with Gasteiger partial charge in [0.25, 0.3) is 0 Å². The van der Waals surface area contributed by atoms with Crippen molar-refractivity contribution < 1.29 is 18.3 Å². The van der Waals surface area contributed by atoms with E-state index in [4.69, 9.17) is 0 Å². The van der Waals surface area contributed by atoms with E-state index in [-0.39, 0.29) is 12.0 Å². The maximum atomic E-state index is 12.9. The molecule has 1 fully saturated rings. The van der Waals surface area contributed by atoms with E-state index in [1.54, 1.807) is 0 Å². The lowest BCUT2D eigenvalue weighted by Gasteiger charge is -2.18. The highest BCUT2D eigenvalue weighted by molar-refractivity contribution is 5.33. The number of nitrogens with zero attached hydrogens (tertiary/aromatic N) is 1. The van der Waals surface area contributed by atoms with Crippen LogP contribution in [-0.2, 0) is 12.7 Å². The Kier molecular flexibility index (Phi) is 4.39. The second-order valence-corrected chi connectivity index (χ2v) is 5.79. The zero-order valence-corrected chi connectivity index (χ0v) is 11.7. The molecule has 1 saturated heterocycles. The minimum absolute atomic E-state index is 0.0558. The standard InChI is InChI=1S/C15H20F3NO/c1-10(2)12-5-11(6-13(7-12)15(16,17)18)8-19-4-3-14(20)9-19/h5-7,10,14,20H,3-4,8-9H2,1-2H3/t14-/m1/s1. The second kappa shape index (κ2) is 5.74. The maximum Gasteiger partial charge on any atom is 0.416 e. The molecular formula is C15H20F3NO. The van der Waals surface area contributed by atoms with Gasteiger partial charge in [0.15, 0.2) is 0 Å². The summed E-state index contributed by atoms with van der Waals surface area (Å²) in [6.45, 7) is 5.50. The quantitative estimate of drug-likeness (QED) is 0.921. The summed E-state index contributed by atoms with van der Waals surface area (Å²) in [6, 6.07) is 4.29. The summed E-state index contributed by atoms with van der Waals surface area (Å²) < 4.78 is 38.8. The topological polar surface area (TPSA) is 23.5 Å². The number of aliphatic hydroxyl groups is 1. The van der Waals surface area contributed by atoms with E-state index in [0.717, 1.165) is 6.54 Å². The first-order valence-electron chi connectivity index (χ1n) is 6.87. The Labute approximate surface area is 117 Å². The van der Waals surface area contributed by atoms with Crippen LogP contribution in [-0.4, -0.2) is 29.2 Å². The van der Waals surface area contributed by atoms with E-state index in [2.05, 4.69) is 0 Å². The normalized spacial score (nSPS) is 20.9. The van der Waals surface area contributed by atoms with Crippen LogP contribution in [0.3, 0.4) is 0 Å². The average Bonchev–Trinajstić information content (AvgIpc) is 2.73. The van der Waals surface area contributed by atoms with Gasteiger partial charge < -0.3 is 5.11 Å². The number of rotatable bonds is 3. The van der Waals surface area contributed by atoms with Gasteiger partial charge in [0.05, 0.1) is 11.7 Å². The molecule has 0 radical (unpaired) electrons. The molecule has 2 rings (SSSR count). The molecule has 1 N–H and O–H groups in total. The summed E-state index contributed by atoms with van der Waals surface area (Å²) in [6.07, 6.45) is -3.98. The van der Waals surface area contributed by atoms with Gasteiger partial charge in [0.2, 0.25) is 0 Å². The van der Waals surface area contributed by atoms with E-state index >= 15 is 0 Å². The van der Waals surface area contributed by atoms with Crippen molar-refractivity contribution in [3.63, 3.8) is 0 Å². The fourth-order valence-corrected chi connectivity index (χ4v) is 2.52. The van der Waals surface area contributed by atoms with Gasteiger partial charge in [0.1, 0.15) is 0 Å². The van der Waals surface area contributed by atoms with Gasteiger partial charge in [-0.15, -0.1) is 0 Å². The van der Waals surface area contributed by atoms with Crippen LogP contribution in [0, 0.1) is 0 Å². The minimum atomic E-state index is -4.32. The molecule has 1 aliphatic rings. The predicted octanol–water partition coefficient (Wildman–Crippen LogP) is 3.40. The number of likely N-dealkylation sites (tertiary alicyclic amines) is 1. The summed E-state index contributed by atoms with van der Waals surface area (Å²) >= 11 is 0. The van der Waals surface area contributed by atoms with Crippen LogP contribution in [0.2, 0.25) is 0 Å². The van der Waals surface area contributed by atoms with E-state index in [1.165, 1.54) is 12.1 Å². The first-order chi connectivity index (χ1) is 9.25. The van der Waals surface area contributed by atoms with Crippen molar-refractivity contribution in [1.82, 2.24) is 4.90 Å². The van der Waals surface area contributed by atoms with E-state index in [1.807, 2.05) is 24.8 Å². The van der Waals surface area contributed by atoms with Crippen LogP contribution in [0.5, 0.6) is 0 Å². The van der Waals surface area contributed by atoms with Gasteiger partial charge in [-0.3, -0.25) is 4.90 Å². The molecule has 1 aromatic carbocycles. The Morgan fingerprint density at radius 3 is 2.50 bits per heavy atom. The molecule has 1 heterocycles. The van der Waals surface area contributed by atoms with Crippen LogP contribution in [0.4, 0.5) is 13.2 Å². The predicted molar refractivity (Wildman–Crippen MR) is 71.4 cm³/mol. The average molecular weight is 287 g/mol. The molecule has 0 amide bonds. The first-order valence-corrected chi connectivity index (χ1v) is 6.87. The molecule has 0 aliphatic carbocycles. The molecule has 0 spiro atoms. The van der Waals surface area contributed by atoms with Crippen LogP contribution in [0.15, 0.2) is 18.2 Å². The van der Waals surface area contributed by atoms with E-state index < -0.39 is 11.7 Å². The lowest BCUT2D eigenvalue weighted by Crippen LogP contribution is -2.22. The minimum Gasteiger partial charge on any atom is -0.392 e. The van der Waals surface area contributed by atoms with Gasteiger partial charge >= 0.3 is 6.18 Å². The first kappa shape index (κ1) is 15.3. The smallest absolute Gasteiger partial charge is 0.392 e. The van der Waals surface area contributed by atoms with Gasteiger partial charge in [-0.1, -0.05) is 19.9 Å². The van der Waals surface area contributed by atoms with E-state index in [9.17, 15) is 18.3 Å². The third kappa shape index (κ3) is 3.73. The van der Waals surface area contributed by atoms with Crippen molar-refractivity contribution >= 4 is 0 Å². The zero-order chi connectivity index (χ0) is 14.9. The van der Waals surface area contributed by atoms with Crippen molar-refractivity contribution in [2.75, 3.05) is 13.1 Å². The van der Waals surface area contributed by atoms with Crippen LogP contribution in [0.25, 0.3) is 0 Å². The fraction of sp³-hybridized carbons (Fsp3) is 0.600. The van der Waals surface area contributed by atoms with Gasteiger partial charge in [0, 0.05) is 19.6 Å². The number of β-amino-alcohol motifs (C(OH)–C–C–N with tert-alkyl or cyclic N) is 1. The molecule has 0 bridgehead atoms. The molecular weight excluding hydrogens is 267 g/mol. The molecule has 1 aliphatic heterocycles. The monoisotopic (exact) mass is 287 g/mol. The summed E-state index contributed by atoms with van der Waals surface area (Å²) in [7, 11) is 0. The molecule has 1 atom stereocenters. The Balaban J connectivity index is 2.25. The van der Waals surface area contributed by atoms with Crippen LogP contribution >= 0.6 is 0 Å². The Morgan fingerprint density at radius 1 is 1.30 bits per heavy atom. The molecule has 5 heteroatoms. The SMILES string of the molecule is CC(C)c1cc(CN2CC[C@@H](O)C2)cc(C(F)(F)F)c1. The summed E-state index contributed by atoms with van der Waals surface area (Å²) in [5.74, 6) is 0.0558. The molecule has 0 saturated carbocycles. The third-order valence-corrected chi connectivity index (χ3v) is 3.66. The molecule has 0 unspecified atom stereocenters. The summed E-state index contributed by atoms with van der Waals surface area (Å²) in [4.78, 5) is 1.99. The van der Waals surface area contributed by atoms with Gasteiger partial charge in [-0.2, -0.15) is 13.2 Å². The summed E-state index contributed by atoms with van der Waals surface area (Å²) in [5, 5.41) is 9.48. The number of hydrogen-bond acceptors (Lipinski definition) is 2. The lowest BCUT2D eigenvalue weighted by atomic mass is 9.97. The van der Waals surface area contributed by atoms with Gasteiger partial charge in [-0.05, 0) is 35.6 Å². The van der Waals surface area contributed by atoms with Crippen molar-refractivity contribution in [1.29, 1.82) is 0 Å².